The molecular formula is C24H36N6O8. The van der Waals surface area contributed by atoms with Gasteiger partial charge in [0, 0.05) is 12.8 Å². The number of primary amides is 2. The fraction of sp³-hybridized carbons (Fsp3) is 0.500. The van der Waals surface area contributed by atoms with Crippen molar-refractivity contribution in [2.75, 3.05) is 0 Å². The number of nitrogens with one attached hydrogen (secondary N) is 3. The third kappa shape index (κ3) is 10.8. The number of benzene rings is 1. The lowest BCUT2D eigenvalue weighted by Gasteiger charge is -2.26. The number of aliphatic carboxylic acids is 1. The average molecular weight is 537 g/mol. The number of amides is 5. The average Bonchev–Trinajstić information content (AvgIpc) is 2.85. The lowest BCUT2D eigenvalue weighted by Crippen LogP contribution is -2.58. The number of carboxylic acids is 1. The van der Waals surface area contributed by atoms with Crippen molar-refractivity contribution in [3.8, 4) is 5.75 Å². The normalized spacial score (nSPS) is 14.7. The molecule has 1 rings (SSSR count). The van der Waals surface area contributed by atoms with Gasteiger partial charge in [-0.05, 0) is 30.0 Å². The molecular weight excluding hydrogens is 500 g/mol. The Bertz CT molecular complexity index is 1020. The maximum Gasteiger partial charge on any atom is 0.326 e. The summed E-state index contributed by atoms with van der Waals surface area (Å²) in [6.07, 6.45) is -0.787. The van der Waals surface area contributed by atoms with Crippen LogP contribution in [0.25, 0.3) is 0 Å². The highest BCUT2D eigenvalue weighted by Crippen LogP contribution is 2.13. The predicted molar refractivity (Wildman–Crippen MR) is 135 cm³/mol. The van der Waals surface area contributed by atoms with Crippen molar-refractivity contribution in [2.45, 2.75) is 70.1 Å². The summed E-state index contributed by atoms with van der Waals surface area (Å²) in [6, 6.07) is 0.537. The minimum atomic E-state index is -1.59. The molecule has 0 fully saturated rings. The molecule has 0 heterocycles. The molecule has 0 aliphatic rings. The number of phenols is 1. The van der Waals surface area contributed by atoms with E-state index in [-0.39, 0.29) is 30.9 Å². The van der Waals surface area contributed by atoms with E-state index >= 15 is 0 Å². The van der Waals surface area contributed by atoms with E-state index in [1.54, 1.807) is 6.92 Å². The first-order valence-corrected chi connectivity index (χ1v) is 12.0. The van der Waals surface area contributed by atoms with Gasteiger partial charge in [-0.25, -0.2) is 4.79 Å². The van der Waals surface area contributed by atoms with Gasteiger partial charge in [-0.15, -0.1) is 0 Å². The van der Waals surface area contributed by atoms with Crippen LogP contribution in [0.1, 0.15) is 45.1 Å². The second-order valence-corrected chi connectivity index (χ2v) is 8.98. The Labute approximate surface area is 219 Å². The molecule has 11 N–H and O–H groups in total. The van der Waals surface area contributed by atoms with Gasteiger partial charge in [-0.1, -0.05) is 32.4 Å². The standard InChI is InChI=1S/C24H36N6O8/c1-3-12(2)20(27)23(36)30-16(10-13-4-6-14(31)7-5-13)21(34)29-17(11-19(26)33)22(35)28-15(24(37)38)8-9-18(25)32/h4-7,12,15-17,20,31H,3,8-11,27H2,1-2H3,(H2,25,32)(H2,26,33)(H,28,35)(H,29,34)(H,30,36)(H,37,38). The minimum Gasteiger partial charge on any atom is -0.508 e. The number of hydrogen-bond acceptors (Lipinski definition) is 8. The molecule has 0 aliphatic heterocycles. The fourth-order valence-electron chi connectivity index (χ4n) is 3.36. The summed E-state index contributed by atoms with van der Waals surface area (Å²) >= 11 is 0. The lowest BCUT2D eigenvalue weighted by atomic mass is 9.98. The smallest absolute Gasteiger partial charge is 0.326 e. The van der Waals surface area contributed by atoms with Crippen LogP contribution < -0.4 is 33.2 Å². The Hall–Kier alpha value is -4.20. The molecule has 14 heteroatoms. The molecule has 1 aromatic rings. The van der Waals surface area contributed by atoms with E-state index < -0.39 is 66.1 Å². The molecule has 0 saturated heterocycles. The van der Waals surface area contributed by atoms with Gasteiger partial charge in [0.15, 0.2) is 0 Å². The zero-order valence-electron chi connectivity index (χ0n) is 21.3. The minimum absolute atomic E-state index is 0.0138. The van der Waals surface area contributed by atoms with E-state index in [9.17, 15) is 39.0 Å². The van der Waals surface area contributed by atoms with Gasteiger partial charge in [0.05, 0.1) is 12.5 Å². The number of carboxylic acid groups (broad SMARTS) is 1. The second kappa shape index (κ2) is 15.1. The highest BCUT2D eigenvalue weighted by Gasteiger charge is 2.32. The van der Waals surface area contributed by atoms with Gasteiger partial charge in [0.25, 0.3) is 0 Å². The Morgan fingerprint density at radius 2 is 1.37 bits per heavy atom. The fourth-order valence-corrected chi connectivity index (χ4v) is 3.36. The molecule has 0 aromatic heterocycles. The molecule has 0 radical (unpaired) electrons. The van der Waals surface area contributed by atoms with Crippen LogP contribution in [-0.2, 0) is 35.2 Å². The summed E-state index contributed by atoms with van der Waals surface area (Å²) < 4.78 is 0. The van der Waals surface area contributed by atoms with Crippen molar-refractivity contribution >= 4 is 35.5 Å². The first-order valence-electron chi connectivity index (χ1n) is 12.0. The van der Waals surface area contributed by atoms with Gasteiger partial charge in [-0.3, -0.25) is 24.0 Å². The first kappa shape index (κ1) is 31.8. The molecule has 0 spiro atoms. The number of carbonyl (C=O) groups is 6. The first-order chi connectivity index (χ1) is 17.7. The highest BCUT2D eigenvalue weighted by molar-refractivity contribution is 5.96. The van der Waals surface area contributed by atoms with E-state index in [0.29, 0.717) is 12.0 Å². The molecule has 14 nitrogen and oxygen atoms in total. The monoisotopic (exact) mass is 536 g/mol. The van der Waals surface area contributed by atoms with Gasteiger partial charge < -0.3 is 43.4 Å². The molecule has 210 valence electrons. The number of nitrogens with two attached hydrogens (primary N) is 3. The molecule has 1 aromatic carbocycles. The van der Waals surface area contributed by atoms with Crippen LogP contribution in [0, 0.1) is 5.92 Å². The molecule has 5 unspecified atom stereocenters. The number of phenolic OH excluding ortho intramolecular Hbond substituents is 1. The summed E-state index contributed by atoms with van der Waals surface area (Å²) in [5, 5.41) is 25.9. The number of rotatable bonds is 16. The van der Waals surface area contributed by atoms with Crippen LogP contribution >= 0.6 is 0 Å². The van der Waals surface area contributed by atoms with Crippen LogP contribution in [0.5, 0.6) is 5.75 Å². The predicted octanol–water partition coefficient (Wildman–Crippen LogP) is -2.01. The summed E-state index contributed by atoms with van der Waals surface area (Å²) in [5.41, 5.74) is 16.8. The van der Waals surface area contributed by atoms with Crippen LogP contribution in [0.3, 0.4) is 0 Å². The van der Waals surface area contributed by atoms with Crippen LogP contribution in [-0.4, -0.2) is 69.9 Å². The van der Waals surface area contributed by atoms with E-state index in [2.05, 4.69) is 16.0 Å². The van der Waals surface area contributed by atoms with Gasteiger partial charge in [0.1, 0.15) is 23.9 Å². The van der Waals surface area contributed by atoms with E-state index in [0.717, 1.165) is 0 Å². The summed E-state index contributed by atoms with van der Waals surface area (Å²) in [4.78, 5) is 72.9. The zero-order valence-corrected chi connectivity index (χ0v) is 21.3. The van der Waals surface area contributed by atoms with Crippen molar-refractivity contribution < 1.29 is 39.0 Å². The highest BCUT2D eigenvalue weighted by atomic mass is 16.4. The van der Waals surface area contributed by atoms with E-state index in [1.165, 1.54) is 24.3 Å². The summed E-state index contributed by atoms with van der Waals surface area (Å²) in [7, 11) is 0. The van der Waals surface area contributed by atoms with Crippen molar-refractivity contribution in [3.05, 3.63) is 29.8 Å². The van der Waals surface area contributed by atoms with Gasteiger partial charge >= 0.3 is 5.97 Å². The summed E-state index contributed by atoms with van der Waals surface area (Å²) in [6.45, 7) is 3.61. The Balaban J connectivity index is 3.16. The lowest BCUT2D eigenvalue weighted by molar-refractivity contribution is -0.142. The maximum absolute atomic E-state index is 13.2. The van der Waals surface area contributed by atoms with Crippen LogP contribution in [0.4, 0.5) is 0 Å². The largest absolute Gasteiger partial charge is 0.508 e. The van der Waals surface area contributed by atoms with Crippen molar-refractivity contribution in [1.29, 1.82) is 0 Å². The van der Waals surface area contributed by atoms with Crippen molar-refractivity contribution in [3.63, 3.8) is 0 Å². The van der Waals surface area contributed by atoms with Crippen molar-refractivity contribution in [1.82, 2.24) is 16.0 Å². The molecule has 38 heavy (non-hydrogen) atoms. The Morgan fingerprint density at radius 1 is 0.842 bits per heavy atom. The van der Waals surface area contributed by atoms with E-state index in [1.807, 2.05) is 6.92 Å². The Kier molecular flexibility index (Phi) is 12.7. The number of hydrogen-bond donors (Lipinski definition) is 8. The van der Waals surface area contributed by atoms with Gasteiger partial charge in [0.2, 0.25) is 29.5 Å². The third-order valence-corrected chi connectivity index (χ3v) is 5.90. The molecule has 5 amide bonds. The summed E-state index contributed by atoms with van der Waals surface area (Å²) in [5.74, 6) is -5.95. The molecule has 0 aliphatic carbocycles. The topological polar surface area (TPSA) is 257 Å². The second-order valence-electron chi connectivity index (χ2n) is 8.98. The quantitative estimate of drug-likeness (QED) is 0.116. The van der Waals surface area contributed by atoms with Crippen LogP contribution in [0.2, 0.25) is 0 Å². The Morgan fingerprint density at radius 3 is 1.87 bits per heavy atom. The molecule has 0 saturated carbocycles. The third-order valence-electron chi connectivity index (χ3n) is 5.90. The zero-order chi connectivity index (χ0) is 29.0. The molecule has 0 bridgehead atoms. The maximum atomic E-state index is 13.2. The molecule has 5 atom stereocenters. The SMILES string of the molecule is CCC(C)C(N)C(=O)NC(Cc1ccc(O)cc1)C(=O)NC(CC(N)=O)C(=O)NC(CCC(N)=O)C(=O)O. The van der Waals surface area contributed by atoms with Crippen LogP contribution in [0.15, 0.2) is 24.3 Å². The van der Waals surface area contributed by atoms with E-state index in [4.69, 9.17) is 17.2 Å². The number of carbonyl (C=O) groups excluding carboxylic acids is 5. The van der Waals surface area contributed by atoms with Gasteiger partial charge in [-0.2, -0.15) is 0 Å². The number of aromatic hydroxyl groups is 1. The van der Waals surface area contributed by atoms with Crippen molar-refractivity contribution in [2.24, 2.45) is 23.1 Å².